The van der Waals surface area contributed by atoms with E-state index >= 15 is 0 Å². The van der Waals surface area contributed by atoms with Gasteiger partial charge in [-0.3, -0.25) is 4.79 Å². The molecule has 96 valence electrons. The van der Waals surface area contributed by atoms with Crippen molar-refractivity contribution < 1.29 is 9.53 Å². The Morgan fingerprint density at radius 2 is 2.00 bits per heavy atom. The fourth-order valence-electron chi connectivity index (χ4n) is 2.63. The summed E-state index contributed by atoms with van der Waals surface area (Å²) in [5.41, 5.74) is 1.09. The Kier molecular flexibility index (Phi) is 3.18. The summed E-state index contributed by atoms with van der Waals surface area (Å²) in [6, 6.07) is 3.85. The largest absolute Gasteiger partial charge is 0.374 e. The van der Waals surface area contributed by atoms with Gasteiger partial charge >= 0.3 is 0 Å². The first-order chi connectivity index (χ1) is 8.56. The van der Waals surface area contributed by atoms with Gasteiger partial charge in [-0.05, 0) is 30.2 Å². The number of rotatable bonds is 2. The zero-order valence-electron chi connectivity index (χ0n) is 9.33. The summed E-state index contributed by atoms with van der Waals surface area (Å²) in [6.45, 7) is 1.57. The molecule has 2 unspecified atom stereocenters. The molecular weight excluding hydrogens is 296 g/mol. The van der Waals surface area contributed by atoms with Crippen LogP contribution in [-0.2, 0) is 4.74 Å². The molecule has 0 aromatic heterocycles. The van der Waals surface area contributed by atoms with Gasteiger partial charge in [-0.15, -0.1) is 0 Å². The van der Waals surface area contributed by atoms with Crippen molar-refractivity contribution in [3.63, 3.8) is 0 Å². The lowest BCUT2D eigenvalue weighted by molar-refractivity contribution is 0.0991. The minimum Gasteiger partial charge on any atom is -0.374 e. The maximum Gasteiger partial charge on any atom is 0.255 e. The lowest BCUT2D eigenvalue weighted by atomic mass is 10.2. The van der Waals surface area contributed by atoms with Crippen LogP contribution in [0, 0.1) is 0 Å². The van der Waals surface area contributed by atoms with E-state index in [1.807, 2.05) is 0 Å². The average Bonchev–Trinajstić information content (AvgIpc) is 2.88. The number of anilines is 1. The number of ether oxygens (including phenoxy) is 1. The van der Waals surface area contributed by atoms with Gasteiger partial charge in [0.25, 0.3) is 5.24 Å². The van der Waals surface area contributed by atoms with Gasteiger partial charge in [-0.1, -0.05) is 23.2 Å². The first kappa shape index (κ1) is 12.5. The number of hydrogen-bond donors (Lipinski definition) is 0. The topological polar surface area (TPSA) is 29.5 Å². The molecule has 3 nitrogen and oxygen atoms in total. The molecule has 3 rings (SSSR count). The third-order valence-electron chi connectivity index (χ3n) is 3.46. The molecular formula is C12H10Cl3NO2. The minimum atomic E-state index is -0.636. The summed E-state index contributed by atoms with van der Waals surface area (Å²) in [4.78, 5) is 13.4. The van der Waals surface area contributed by atoms with Gasteiger partial charge in [0.15, 0.2) is 0 Å². The van der Waals surface area contributed by atoms with Crippen LogP contribution in [-0.4, -0.2) is 30.5 Å². The number of carbonyl (C=O) groups is 1. The van der Waals surface area contributed by atoms with Gasteiger partial charge in [-0.2, -0.15) is 0 Å². The van der Waals surface area contributed by atoms with E-state index in [9.17, 15) is 4.79 Å². The molecule has 0 N–H and O–H groups in total. The van der Waals surface area contributed by atoms with Gasteiger partial charge < -0.3 is 9.64 Å². The van der Waals surface area contributed by atoms with Crippen molar-refractivity contribution in [2.75, 3.05) is 18.1 Å². The Balaban J connectivity index is 1.97. The fourth-order valence-corrected chi connectivity index (χ4v) is 3.58. The maximum absolute atomic E-state index is 11.2. The molecule has 2 aliphatic rings. The Morgan fingerprint density at radius 3 is 2.44 bits per heavy atom. The quantitative estimate of drug-likeness (QED) is 0.785. The lowest BCUT2D eigenvalue weighted by Gasteiger charge is -2.29. The number of hydrogen-bond acceptors (Lipinski definition) is 3. The van der Waals surface area contributed by atoms with Crippen molar-refractivity contribution in [1.82, 2.24) is 0 Å². The van der Waals surface area contributed by atoms with Crippen LogP contribution in [0.2, 0.25) is 10.0 Å². The molecule has 2 heterocycles. The molecule has 0 aliphatic carbocycles. The van der Waals surface area contributed by atoms with Gasteiger partial charge in [0.1, 0.15) is 0 Å². The lowest BCUT2D eigenvalue weighted by Crippen LogP contribution is -2.36. The summed E-state index contributed by atoms with van der Waals surface area (Å²) in [6.07, 6.45) is 1.33. The molecule has 0 amide bonds. The van der Waals surface area contributed by atoms with Crippen LogP contribution >= 0.6 is 34.8 Å². The first-order valence-corrected chi connectivity index (χ1v) is 6.77. The summed E-state index contributed by atoms with van der Waals surface area (Å²) < 4.78 is 5.54. The van der Waals surface area contributed by atoms with Crippen LogP contribution in [0.4, 0.5) is 5.69 Å². The molecule has 0 spiro atoms. The first-order valence-electron chi connectivity index (χ1n) is 5.63. The fraction of sp³-hybridized carbons (Fsp3) is 0.417. The number of carbonyl (C=O) groups excluding carboxylic acids is 1. The number of nitrogens with zero attached hydrogens (tertiary/aromatic N) is 1. The highest BCUT2D eigenvalue weighted by molar-refractivity contribution is 6.70. The highest BCUT2D eigenvalue weighted by Crippen LogP contribution is 2.37. The van der Waals surface area contributed by atoms with Crippen LogP contribution in [0.1, 0.15) is 16.8 Å². The molecule has 1 aromatic rings. The molecule has 2 aliphatic heterocycles. The molecule has 0 radical (unpaired) electrons. The highest BCUT2D eigenvalue weighted by Gasteiger charge is 2.39. The van der Waals surface area contributed by atoms with Crippen molar-refractivity contribution in [2.45, 2.75) is 18.6 Å². The second-order valence-electron chi connectivity index (χ2n) is 4.56. The van der Waals surface area contributed by atoms with Crippen molar-refractivity contribution in [3.05, 3.63) is 27.7 Å². The minimum absolute atomic E-state index is 0.171. The normalized spacial score (nSPS) is 25.8. The van der Waals surface area contributed by atoms with Crippen LogP contribution in [0.3, 0.4) is 0 Å². The Labute approximate surface area is 120 Å². The van der Waals surface area contributed by atoms with E-state index in [0.29, 0.717) is 22.2 Å². The van der Waals surface area contributed by atoms with Gasteiger partial charge in [0.2, 0.25) is 0 Å². The molecule has 2 bridgehead atoms. The molecule has 6 heteroatoms. The van der Waals surface area contributed by atoms with E-state index in [0.717, 1.165) is 25.3 Å². The smallest absolute Gasteiger partial charge is 0.255 e. The number of halogens is 3. The second-order valence-corrected chi connectivity index (χ2v) is 5.71. The second kappa shape index (κ2) is 4.57. The van der Waals surface area contributed by atoms with Crippen molar-refractivity contribution >= 4 is 45.7 Å². The van der Waals surface area contributed by atoms with E-state index in [1.54, 1.807) is 12.1 Å². The van der Waals surface area contributed by atoms with Crippen molar-refractivity contribution in [3.8, 4) is 0 Å². The summed E-state index contributed by atoms with van der Waals surface area (Å²) in [7, 11) is 0. The van der Waals surface area contributed by atoms with E-state index in [1.165, 1.54) is 0 Å². The summed E-state index contributed by atoms with van der Waals surface area (Å²) in [5, 5.41) is -0.0507. The van der Waals surface area contributed by atoms with Crippen molar-refractivity contribution in [1.29, 1.82) is 0 Å². The molecule has 2 fully saturated rings. The zero-order valence-corrected chi connectivity index (χ0v) is 11.6. The predicted octanol–water partition coefficient (Wildman–Crippen LogP) is 3.35. The van der Waals surface area contributed by atoms with Gasteiger partial charge in [-0.25, -0.2) is 0 Å². The molecule has 0 saturated carbocycles. The standard InChI is InChI=1S/C12H10Cl3NO2/c13-9-2-6(3-10(14)11(9)12(15)17)16-4-8-1-7(16)5-18-8/h2-3,7-8H,1,4-5H2. The van der Waals surface area contributed by atoms with Crippen LogP contribution in [0.25, 0.3) is 0 Å². The number of benzene rings is 1. The summed E-state index contributed by atoms with van der Waals surface area (Å²) in [5.74, 6) is 0. The Morgan fingerprint density at radius 1 is 1.33 bits per heavy atom. The summed E-state index contributed by atoms with van der Waals surface area (Å²) >= 11 is 17.6. The third-order valence-corrected chi connectivity index (χ3v) is 4.24. The van der Waals surface area contributed by atoms with E-state index in [-0.39, 0.29) is 5.56 Å². The van der Waals surface area contributed by atoms with Gasteiger partial charge in [0.05, 0.1) is 34.4 Å². The van der Waals surface area contributed by atoms with E-state index < -0.39 is 5.24 Å². The molecule has 2 atom stereocenters. The molecule has 2 saturated heterocycles. The Bertz CT molecular complexity index is 497. The Hall–Kier alpha value is -0.480. The number of fused-ring (bicyclic) bond motifs is 2. The zero-order chi connectivity index (χ0) is 12.9. The monoisotopic (exact) mass is 305 g/mol. The highest BCUT2D eigenvalue weighted by atomic mass is 35.5. The van der Waals surface area contributed by atoms with E-state index in [4.69, 9.17) is 39.5 Å². The predicted molar refractivity (Wildman–Crippen MR) is 72.1 cm³/mol. The number of morpholine rings is 1. The van der Waals surface area contributed by atoms with Crippen LogP contribution < -0.4 is 4.90 Å². The molecule has 18 heavy (non-hydrogen) atoms. The van der Waals surface area contributed by atoms with E-state index in [2.05, 4.69) is 4.90 Å². The maximum atomic E-state index is 11.2. The van der Waals surface area contributed by atoms with Crippen LogP contribution in [0.5, 0.6) is 0 Å². The SMILES string of the molecule is O=C(Cl)c1c(Cl)cc(N2CC3CC2CO3)cc1Cl. The van der Waals surface area contributed by atoms with Crippen molar-refractivity contribution in [2.24, 2.45) is 0 Å². The molecule has 1 aromatic carbocycles. The third kappa shape index (κ3) is 1.99. The van der Waals surface area contributed by atoms with Gasteiger partial charge in [0, 0.05) is 12.2 Å². The average molecular weight is 307 g/mol. The van der Waals surface area contributed by atoms with Crippen LogP contribution in [0.15, 0.2) is 12.1 Å².